The molecule has 0 radical (unpaired) electrons. The number of amides is 3. The van der Waals surface area contributed by atoms with Crippen LogP contribution < -0.4 is 14.8 Å². The predicted molar refractivity (Wildman–Crippen MR) is 144 cm³/mol. The number of carbonyl (C=O) groups is 2. The number of carbonyl (C=O) groups excluding carboxylic acids is 2. The average molecular weight is 524 g/mol. The van der Waals surface area contributed by atoms with Crippen molar-refractivity contribution in [3.05, 3.63) is 75.5 Å². The summed E-state index contributed by atoms with van der Waals surface area (Å²) in [4.78, 5) is 31.3. The SMILES string of the molecule is COCCCN(CC(=O)N(Cc1ccc2c(c1)OCO2)Cc1cccs1)C(=O)Nc1ccc(C)cc1C. The van der Waals surface area contributed by atoms with E-state index in [-0.39, 0.29) is 25.3 Å². The van der Waals surface area contributed by atoms with Gasteiger partial charge in [0.2, 0.25) is 12.7 Å². The molecule has 0 saturated carbocycles. The van der Waals surface area contributed by atoms with E-state index in [4.69, 9.17) is 14.2 Å². The summed E-state index contributed by atoms with van der Waals surface area (Å²) in [6.07, 6.45) is 0.622. The van der Waals surface area contributed by atoms with E-state index in [1.165, 1.54) is 0 Å². The molecule has 0 spiro atoms. The van der Waals surface area contributed by atoms with E-state index in [0.29, 0.717) is 44.2 Å². The van der Waals surface area contributed by atoms with Crippen LogP contribution in [-0.4, -0.2) is 55.3 Å². The zero-order valence-electron chi connectivity index (χ0n) is 21.5. The molecule has 1 N–H and O–H groups in total. The van der Waals surface area contributed by atoms with Gasteiger partial charge in [0.05, 0.1) is 6.54 Å². The summed E-state index contributed by atoms with van der Waals surface area (Å²) in [6, 6.07) is 15.2. The first-order valence-electron chi connectivity index (χ1n) is 12.2. The van der Waals surface area contributed by atoms with Crippen molar-refractivity contribution >= 4 is 29.0 Å². The van der Waals surface area contributed by atoms with E-state index in [9.17, 15) is 9.59 Å². The minimum atomic E-state index is -0.310. The summed E-state index contributed by atoms with van der Waals surface area (Å²) in [6.45, 7) is 5.85. The van der Waals surface area contributed by atoms with Gasteiger partial charge in [-0.25, -0.2) is 4.79 Å². The molecule has 0 aliphatic carbocycles. The van der Waals surface area contributed by atoms with Crippen LogP contribution in [0.25, 0.3) is 0 Å². The molecule has 4 rings (SSSR count). The van der Waals surface area contributed by atoms with Crippen molar-refractivity contribution in [2.24, 2.45) is 0 Å². The van der Waals surface area contributed by atoms with Crippen LogP contribution in [-0.2, 0) is 22.6 Å². The average Bonchev–Trinajstić information content (AvgIpc) is 3.56. The topological polar surface area (TPSA) is 80.3 Å². The lowest BCUT2D eigenvalue weighted by Crippen LogP contribution is -2.44. The molecule has 2 aromatic carbocycles. The maximum Gasteiger partial charge on any atom is 0.322 e. The van der Waals surface area contributed by atoms with Crippen molar-refractivity contribution in [1.29, 1.82) is 0 Å². The third-order valence-electron chi connectivity index (χ3n) is 6.10. The number of thiophene rings is 1. The van der Waals surface area contributed by atoms with E-state index in [1.54, 1.807) is 28.2 Å². The van der Waals surface area contributed by atoms with Crippen molar-refractivity contribution in [3.8, 4) is 11.5 Å². The quantitative estimate of drug-likeness (QED) is 0.350. The van der Waals surface area contributed by atoms with Crippen molar-refractivity contribution in [1.82, 2.24) is 9.80 Å². The van der Waals surface area contributed by atoms with Crippen LogP contribution >= 0.6 is 11.3 Å². The van der Waals surface area contributed by atoms with Gasteiger partial charge in [-0.2, -0.15) is 0 Å². The number of nitrogens with one attached hydrogen (secondary N) is 1. The van der Waals surface area contributed by atoms with Crippen LogP contribution in [0.4, 0.5) is 10.5 Å². The lowest BCUT2D eigenvalue weighted by molar-refractivity contribution is -0.133. The first-order chi connectivity index (χ1) is 17.9. The molecule has 37 heavy (non-hydrogen) atoms. The molecule has 1 aliphatic rings. The highest BCUT2D eigenvalue weighted by Crippen LogP contribution is 2.33. The first-order valence-corrected chi connectivity index (χ1v) is 13.1. The molecule has 3 amide bonds. The van der Waals surface area contributed by atoms with Gasteiger partial charge in [0, 0.05) is 37.4 Å². The Balaban J connectivity index is 1.50. The van der Waals surface area contributed by atoms with Gasteiger partial charge in [0.25, 0.3) is 0 Å². The van der Waals surface area contributed by atoms with E-state index in [2.05, 4.69) is 5.32 Å². The number of nitrogens with zero attached hydrogens (tertiary/aromatic N) is 2. The summed E-state index contributed by atoms with van der Waals surface area (Å²) < 4.78 is 16.1. The Kier molecular flexibility index (Phi) is 9.03. The zero-order valence-corrected chi connectivity index (χ0v) is 22.3. The van der Waals surface area contributed by atoms with Crippen molar-refractivity contribution in [3.63, 3.8) is 0 Å². The minimum absolute atomic E-state index is 0.0453. The second kappa shape index (κ2) is 12.6. The van der Waals surface area contributed by atoms with Gasteiger partial charge in [-0.1, -0.05) is 29.8 Å². The number of methoxy groups -OCH3 is 1. The number of ether oxygens (including phenoxy) is 3. The Labute approximate surface area is 221 Å². The lowest BCUT2D eigenvalue weighted by Gasteiger charge is -2.28. The molecule has 1 aliphatic heterocycles. The largest absolute Gasteiger partial charge is 0.454 e. The van der Waals surface area contributed by atoms with Gasteiger partial charge >= 0.3 is 6.03 Å². The van der Waals surface area contributed by atoms with Crippen LogP contribution in [0, 0.1) is 13.8 Å². The minimum Gasteiger partial charge on any atom is -0.454 e. The van der Waals surface area contributed by atoms with E-state index in [1.807, 2.05) is 67.8 Å². The normalized spacial score (nSPS) is 11.9. The van der Waals surface area contributed by atoms with Crippen molar-refractivity contribution in [2.75, 3.05) is 38.9 Å². The fraction of sp³-hybridized carbons (Fsp3) is 0.357. The lowest BCUT2D eigenvalue weighted by atomic mass is 10.1. The van der Waals surface area contributed by atoms with Gasteiger partial charge in [0.15, 0.2) is 11.5 Å². The number of aryl methyl sites for hydroxylation is 2. The molecule has 8 nitrogen and oxygen atoms in total. The van der Waals surface area contributed by atoms with Gasteiger partial charge in [0.1, 0.15) is 6.54 Å². The smallest absolute Gasteiger partial charge is 0.322 e. The highest BCUT2D eigenvalue weighted by atomic mass is 32.1. The second-order valence-corrected chi connectivity index (χ2v) is 10.1. The Bertz CT molecular complexity index is 1210. The molecule has 9 heteroatoms. The monoisotopic (exact) mass is 523 g/mol. The molecule has 1 aromatic heterocycles. The van der Waals surface area contributed by atoms with E-state index >= 15 is 0 Å². The van der Waals surface area contributed by atoms with E-state index < -0.39 is 0 Å². The molecule has 0 fully saturated rings. The van der Waals surface area contributed by atoms with Crippen LogP contribution in [0.15, 0.2) is 53.9 Å². The number of hydrogen-bond acceptors (Lipinski definition) is 6. The maximum atomic E-state index is 13.6. The number of benzene rings is 2. The summed E-state index contributed by atoms with van der Waals surface area (Å²) in [5, 5.41) is 4.97. The fourth-order valence-electron chi connectivity index (χ4n) is 4.15. The highest BCUT2D eigenvalue weighted by molar-refractivity contribution is 7.09. The zero-order chi connectivity index (χ0) is 26.2. The first kappa shape index (κ1) is 26.5. The standard InChI is InChI=1S/C28H33N3O5S/c1-20-7-9-24(21(2)14-20)29-28(33)30(11-5-12-34-3)18-27(32)31(17-23-6-4-13-37-23)16-22-8-10-25-26(15-22)36-19-35-25/h4,6-10,13-15H,5,11-12,16-19H2,1-3H3,(H,29,33). The highest BCUT2D eigenvalue weighted by Gasteiger charge is 2.23. The predicted octanol–water partition coefficient (Wildman–Crippen LogP) is 5.19. The summed E-state index contributed by atoms with van der Waals surface area (Å²) in [5.74, 6) is 1.24. The van der Waals surface area contributed by atoms with Crippen LogP contribution in [0.1, 0.15) is 28.0 Å². The molecular weight excluding hydrogens is 490 g/mol. The van der Waals surface area contributed by atoms with Gasteiger partial charge < -0.3 is 29.3 Å². The molecule has 2 heterocycles. The van der Waals surface area contributed by atoms with Crippen LogP contribution in [0.3, 0.4) is 0 Å². The fourth-order valence-corrected chi connectivity index (χ4v) is 4.87. The number of anilines is 1. The third kappa shape index (κ3) is 7.24. The van der Waals surface area contributed by atoms with Gasteiger partial charge in [-0.3, -0.25) is 4.79 Å². The van der Waals surface area contributed by atoms with Crippen molar-refractivity contribution < 1.29 is 23.8 Å². The Hall–Kier alpha value is -3.56. The summed E-state index contributed by atoms with van der Waals surface area (Å²) in [7, 11) is 1.62. The Morgan fingerprint density at radius 3 is 2.62 bits per heavy atom. The molecule has 3 aromatic rings. The number of rotatable bonds is 11. The van der Waals surface area contributed by atoms with Crippen LogP contribution in [0.2, 0.25) is 0 Å². The molecule has 0 saturated heterocycles. The molecule has 0 unspecified atom stereocenters. The summed E-state index contributed by atoms with van der Waals surface area (Å²) >= 11 is 1.60. The Morgan fingerprint density at radius 1 is 1.03 bits per heavy atom. The number of fused-ring (bicyclic) bond motifs is 1. The summed E-state index contributed by atoms with van der Waals surface area (Å²) in [5.41, 5.74) is 3.75. The second-order valence-electron chi connectivity index (χ2n) is 9.03. The molecular formula is C28H33N3O5S. The van der Waals surface area contributed by atoms with Crippen molar-refractivity contribution in [2.45, 2.75) is 33.4 Å². The van der Waals surface area contributed by atoms with E-state index in [0.717, 1.165) is 27.3 Å². The number of hydrogen-bond donors (Lipinski definition) is 1. The molecule has 0 bridgehead atoms. The molecule has 0 atom stereocenters. The third-order valence-corrected chi connectivity index (χ3v) is 6.96. The maximum absolute atomic E-state index is 13.6. The Morgan fingerprint density at radius 2 is 1.86 bits per heavy atom. The van der Waals surface area contributed by atoms with Gasteiger partial charge in [-0.05, 0) is 61.0 Å². The van der Waals surface area contributed by atoms with Crippen LogP contribution in [0.5, 0.6) is 11.5 Å². The molecule has 196 valence electrons. The van der Waals surface area contributed by atoms with Gasteiger partial charge in [-0.15, -0.1) is 11.3 Å². The number of urea groups is 1.